The second-order valence-electron chi connectivity index (χ2n) is 6.96. The van der Waals surface area contributed by atoms with E-state index in [2.05, 4.69) is 10.3 Å². The van der Waals surface area contributed by atoms with Crippen molar-refractivity contribution >= 4 is 49.7 Å². The molecule has 1 saturated heterocycles. The number of halogens is 1. The van der Waals surface area contributed by atoms with E-state index in [0.29, 0.717) is 37.6 Å². The molecule has 1 aliphatic heterocycles. The zero-order chi connectivity index (χ0) is 23.6. The Morgan fingerprint density at radius 3 is 2.55 bits per heavy atom. The van der Waals surface area contributed by atoms with Gasteiger partial charge in [-0.2, -0.15) is 4.31 Å². The lowest BCUT2D eigenvalue weighted by Gasteiger charge is -2.26. The Morgan fingerprint density at radius 2 is 1.88 bits per heavy atom. The van der Waals surface area contributed by atoms with Crippen LogP contribution in [0.15, 0.2) is 52.7 Å². The number of nitro benzene ring substituents is 1. The third-order valence-corrected chi connectivity index (χ3v) is 7.88. The molecule has 1 amide bonds. The van der Waals surface area contributed by atoms with E-state index in [0.717, 1.165) is 6.07 Å². The van der Waals surface area contributed by atoms with Crippen LogP contribution in [-0.4, -0.2) is 54.8 Å². The van der Waals surface area contributed by atoms with E-state index in [1.807, 2.05) is 0 Å². The number of nitro groups is 1. The van der Waals surface area contributed by atoms with Crippen molar-refractivity contribution in [2.75, 3.05) is 31.6 Å². The second kappa shape index (κ2) is 9.53. The molecule has 0 spiro atoms. The van der Waals surface area contributed by atoms with E-state index in [-0.39, 0.29) is 26.3 Å². The molecule has 13 heteroatoms. The first-order valence-electron chi connectivity index (χ1n) is 9.65. The third-order valence-electron chi connectivity index (χ3n) is 4.89. The van der Waals surface area contributed by atoms with Crippen LogP contribution in [-0.2, 0) is 14.8 Å². The molecule has 4 rings (SSSR count). The van der Waals surface area contributed by atoms with Crippen LogP contribution in [0.25, 0.3) is 11.3 Å². The summed E-state index contributed by atoms with van der Waals surface area (Å²) >= 11 is 6.95. The molecule has 1 aromatic heterocycles. The summed E-state index contributed by atoms with van der Waals surface area (Å²) in [6, 6.07) is 10.1. The fraction of sp³-hybridized carbons (Fsp3) is 0.200. The summed E-state index contributed by atoms with van der Waals surface area (Å²) in [7, 11) is -3.59. The van der Waals surface area contributed by atoms with Gasteiger partial charge in [0.05, 0.1) is 28.7 Å². The van der Waals surface area contributed by atoms with E-state index in [4.69, 9.17) is 16.3 Å². The first-order valence-corrected chi connectivity index (χ1v) is 12.3. The lowest BCUT2D eigenvalue weighted by atomic mass is 10.2. The van der Waals surface area contributed by atoms with Crippen molar-refractivity contribution in [2.24, 2.45) is 0 Å². The third kappa shape index (κ3) is 5.04. The summed E-state index contributed by atoms with van der Waals surface area (Å²) in [6.45, 7) is 1.37. The fourth-order valence-electron chi connectivity index (χ4n) is 3.16. The van der Waals surface area contributed by atoms with E-state index in [1.54, 1.807) is 17.5 Å². The Hall–Kier alpha value is -2.90. The number of anilines is 1. The second-order valence-corrected chi connectivity index (χ2v) is 10.2. The zero-order valence-electron chi connectivity index (χ0n) is 16.9. The number of nitrogens with zero attached hydrogens (tertiary/aromatic N) is 3. The number of amides is 1. The Morgan fingerprint density at radius 1 is 1.18 bits per heavy atom. The monoisotopic (exact) mass is 508 g/mol. The number of nitrogens with one attached hydrogen (secondary N) is 1. The highest BCUT2D eigenvalue weighted by Crippen LogP contribution is 2.28. The molecule has 1 N–H and O–H groups in total. The summed E-state index contributed by atoms with van der Waals surface area (Å²) in [4.78, 5) is 27.4. The number of carbonyl (C=O) groups is 1. The largest absolute Gasteiger partial charge is 0.379 e. The van der Waals surface area contributed by atoms with Gasteiger partial charge in [-0.05, 0) is 24.3 Å². The van der Waals surface area contributed by atoms with Crippen molar-refractivity contribution in [1.29, 1.82) is 0 Å². The van der Waals surface area contributed by atoms with Gasteiger partial charge < -0.3 is 4.74 Å². The number of hydrogen-bond donors (Lipinski definition) is 1. The summed E-state index contributed by atoms with van der Waals surface area (Å²) in [5.41, 5.74) is 0.930. The summed E-state index contributed by atoms with van der Waals surface area (Å²) < 4.78 is 32.1. The predicted octanol–water partition coefficient (Wildman–Crippen LogP) is 3.64. The number of ether oxygens (including phenoxy) is 1. The van der Waals surface area contributed by atoms with Crippen molar-refractivity contribution in [3.05, 3.63) is 68.5 Å². The van der Waals surface area contributed by atoms with Crippen LogP contribution >= 0.6 is 22.9 Å². The quantitative estimate of drug-likeness (QED) is 0.397. The van der Waals surface area contributed by atoms with Gasteiger partial charge in [-0.3, -0.25) is 20.2 Å². The summed E-state index contributed by atoms with van der Waals surface area (Å²) in [6.07, 6.45) is 0. The molecule has 1 aliphatic rings. The summed E-state index contributed by atoms with van der Waals surface area (Å²) in [5.74, 6) is -0.567. The van der Waals surface area contributed by atoms with Gasteiger partial charge in [-0.15, -0.1) is 11.3 Å². The van der Waals surface area contributed by atoms with Crippen molar-refractivity contribution in [1.82, 2.24) is 9.29 Å². The van der Waals surface area contributed by atoms with Crippen LogP contribution in [0.1, 0.15) is 10.4 Å². The average Bonchev–Trinajstić information content (AvgIpc) is 3.28. The van der Waals surface area contributed by atoms with Gasteiger partial charge in [-0.1, -0.05) is 23.7 Å². The Kier molecular flexibility index (Phi) is 6.72. The van der Waals surface area contributed by atoms with Crippen LogP contribution in [0, 0.1) is 10.1 Å². The van der Waals surface area contributed by atoms with E-state index >= 15 is 0 Å². The first-order chi connectivity index (χ1) is 15.8. The van der Waals surface area contributed by atoms with Crippen molar-refractivity contribution in [3.63, 3.8) is 0 Å². The standard InChI is InChI=1S/C20H17ClN4O6S2/c21-16-6-3-14(11-18(16)25(27)28)19(26)23-20-22-17(12-32-20)13-1-4-15(5-2-13)33(29,30)24-7-9-31-10-8-24/h1-6,11-12H,7-10H2,(H,22,23,26). The Labute approximate surface area is 198 Å². The lowest BCUT2D eigenvalue weighted by Crippen LogP contribution is -2.40. The normalized spacial score (nSPS) is 14.7. The highest BCUT2D eigenvalue weighted by atomic mass is 35.5. The van der Waals surface area contributed by atoms with Crippen LogP contribution in [0.5, 0.6) is 0 Å². The molecular formula is C20H17ClN4O6S2. The number of rotatable bonds is 6. The van der Waals surface area contributed by atoms with Gasteiger partial charge in [0.15, 0.2) is 5.13 Å². The Bertz CT molecular complexity index is 1300. The van der Waals surface area contributed by atoms with Gasteiger partial charge in [0.1, 0.15) is 5.02 Å². The van der Waals surface area contributed by atoms with Gasteiger partial charge in [0.25, 0.3) is 11.6 Å². The predicted molar refractivity (Wildman–Crippen MR) is 123 cm³/mol. The molecule has 2 aromatic carbocycles. The fourth-order valence-corrected chi connectivity index (χ4v) is 5.47. The molecule has 1 fully saturated rings. The number of carbonyl (C=O) groups excluding carboxylic acids is 1. The number of aromatic nitrogens is 1. The smallest absolute Gasteiger partial charge is 0.288 e. The van der Waals surface area contributed by atoms with Crippen LogP contribution in [0.3, 0.4) is 0 Å². The molecule has 33 heavy (non-hydrogen) atoms. The highest BCUT2D eigenvalue weighted by Gasteiger charge is 2.26. The van der Waals surface area contributed by atoms with Gasteiger partial charge in [0, 0.05) is 35.7 Å². The van der Waals surface area contributed by atoms with Gasteiger partial charge in [-0.25, -0.2) is 13.4 Å². The van der Waals surface area contributed by atoms with E-state index in [9.17, 15) is 23.3 Å². The molecule has 172 valence electrons. The van der Waals surface area contributed by atoms with Gasteiger partial charge in [0.2, 0.25) is 10.0 Å². The number of morpholine rings is 1. The zero-order valence-corrected chi connectivity index (χ0v) is 19.3. The number of benzene rings is 2. The highest BCUT2D eigenvalue weighted by molar-refractivity contribution is 7.89. The topological polar surface area (TPSA) is 132 Å². The number of thiazole rings is 1. The maximum atomic E-state index is 12.7. The maximum Gasteiger partial charge on any atom is 0.288 e. The maximum absolute atomic E-state index is 12.7. The van der Waals surface area contributed by atoms with Crippen LogP contribution < -0.4 is 5.32 Å². The molecule has 10 nitrogen and oxygen atoms in total. The molecule has 0 saturated carbocycles. The molecule has 0 radical (unpaired) electrons. The van der Waals surface area contributed by atoms with Crippen LogP contribution in [0.4, 0.5) is 10.8 Å². The minimum Gasteiger partial charge on any atom is -0.379 e. The molecule has 2 heterocycles. The summed E-state index contributed by atoms with van der Waals surface area (Å²) in [5, 5.41) is 15.6. The van der Waals surface area contributed by atoms with Crippen molar-refractivity contribution in [3.8, 4) is 11.3 Å². The molecule has 0 bridgehead atoms. The molecular weight excluding hydrogens is 492 g/mol. The van der Waals surface area contributed by atoms with Crippen molar-refractivity contribution in [2.45, 2.75) is 4.90 Å². The SMILES string of the molecule is O=C(Nc1nc(-c2ccc(S(=O)(=O)N3CCOCC3)cc2)cs1)c1ccc(Cl)c([N+](=O)[O-])c1. The molecule has 0 aliphatic carbocycles. The molecule has 3 aromatic rings. The minimum absolute atomic E-state index is 0.0628. The number of hydrogen-bond acceptors (Lipinski definition) is 8. The minimum atomic E-state index is -3.59. The van der Waals surface area contributed by atoms with Crippen molar-refractivity contribution < 1.29 is 22.9 Å². The van der Waals surface area contributed by atoms with E-state index in [1.165, 1.54) is 39.9 Å². The molecule has 0 atom stereocenters. The first kappa shape index (κ1) is 23.3. The number of sulfonamides is 1. The van der Waals surface area contributed by atoms with Crippen LogP contribution in [0.2, 0.25) is 5.02 Å². The Balaban J connectivity index is 1.48. The average molecular weight is 509 g/mol. The lowest BCUT2D eigenvalue weighted by molar-refractivity contribution is -0.384. The van der Waals surface area contributed by atoms with Gasteiger partial charge >= 0.3 is 0 Å². The molecule has 0 unspecified atom stereocenters. The van der Waals surface area contributed by atoms with E-state index < -0.39 is 20.9 Å².